The molecule has 4 rings (SSSR count). The van der Waals surface area contributed by atoms with Crippen molar-refractivity contribution in [2.24, 2.45) is 0 Å². The number of hydrogen-bond acceptors (Lipinski definition) is 2. The molecule has 3 aromatic carbocycles. The van der Waals surface area contributed by atoms with Crippen LogP contribution in [-0.2, 0) is 6.54 Å². The van der Waals surface area contributed by atoms with Crippen LogP contribution in [0.4, 0.5) is 0 Å². The number of imidazole rings is 1. The maximum Gasteiger partial charge on any atom is 0.156 e. The molecule has 1 unspecified atom stereocenters. The molecule has 0 radical (unpaired) electrons. The van der Waals surface area contributed by atoms with Gasteiger partial charge in [-0.1, -0.05) is 55.0 Å². The Morgan fingerprint density at radius 2 is 1.69 bits per heavy atom. The zero-order valence-electron chi connectivity index (χ0n) is 17.6. The summed E-state index contributed by atoms with van der Waals surface area (Å²) in [5, 5.41) is 0. The van der Waals surface area contributed by atoms with Gasteiger partial charge in [-0.25, -0.2) is 4.98 Å². The van der Waals surface area contributed by atoms with Crippen LogP contribution in [0.1, 0.15) is 47.5 Å². The minimum absolute atomic E-state index is 0.102. The molecule has 0 aliphatic rings. The standard InChI is InChI=1S/C26H28N2O/c1-5-25(29-22-10-8-9-18(2)16-22)26-27-23-11-6-7-12-24(23)28(26)17-21-15-19(3)13-14-20(21)4/h6-16,25H,5,17H2,1-4H3. The summed E-state index contributed by atoms with van der Waals surface area (Å²) in [5.41, 5.74) is 7.25. The van der Waals surface area contributed by atoms with Crippen LogP contribution >= 0.6 is 0 Å². The van der Waals surface area contributed by atoms with E-state index in [1.54, 1.807) is 0 Å². The van der Waals surface area contributed by atoms with E-state index < -0.39 is 0 Å². The molecule has 0 fully saturated rings. The lowest BCUT2D eigenvalue weighted by atomic mass is 10.1. The van der Waals surface area contributed by atoms with Crippen molar-refractivity contribution in [3.63, 3.8) is 0 Å². The molecule has 0 aliphatic heterocycles. The van der Waals surface area contributed by atoms with Gasteiger partial charge in [-0.3, -0.25) is 0 Å². The molecular weight excluding hydrogens is 356 g/mol. The molecule has 0 saturated heterocycles. The van der Waals surface area contributed by atoms with Gasteiger partial charge in [0.15, 0.2) is 11.9 Å². The molecule has 1 aromatic heterocycles. The van der Waals surface area contributed by atoms with E-state index in [1.807, 2.05) is 18.2 Å². The lowest BCUT2D eigenvalue weighted by Gasteiger charge is -2.20. The second kappa shape index (κ2) is 8.12. The van der Waals surface area contributed by atoms with E-state index in [4.69, 9.17) is 9.72 Å². The Morgan fingerprint density at radius 3 is 2.48 bits per heavy atom. The largest absolute Gasteiger partial charge is 0.483 e. The summed E-state index contributed by atoms with van der Waals surface area (Å²) in [6.07, 6.45) is 0.749. The number of rotatable bonds is 6. The number of benzene rings is 3. The third-order valence-corrected chi connectivity index (χ3v) is 5.44. The van der Waals surface area contributed by atoms with Gasteiger partial charge in [0.05, 0.1) is 11.0 Å². The minimum Gasteiger partial charge on any atom is -0.483 e. The molecule has 3 nitrogen and oxygen atoms in total. The number of aryl methyl sites for hydroxylation is 3. The molecular formula is C26H28N2O. The topological polar surface area (TPSA) is 27.1 Å². The van der Waals surface area contributed by atoms with Gasteiger partial charge < -0.3 is 9.30 Å². The summed E-state index contributed by atoms with van der Waals surface area (Å²) < 4.78 is 8.73. The fraction of sp³-hybridized carbons (Fsp3) is 0.269. The number of hydrogen-bond donors (Lipinski definition) is 0. The van der Waals surface area contributed by atoms with Crippen LogP contribution in [0, 0.1) is 20.8 Å². The van der Waals surface area contributed by atoms with Crippen LogP contribution in [0.25, 0.3) is 11.0 Å². The third kappa shape index (κ3) is 4.04. The van der Waals surface area contributed by atoms with Crippen LogP contribution in [0.3, 0.4) is 0 Å². The Kier molecular flexibility index (Phi) is 5.39. The summed E-state index contributed by atoms with van der Waals surface area (Å²) >= 11 is 0. The first-order valence-corrected chi connectivity index (χ1v) is 10.3. The Hall–Kier alpha value is -3.07. The van der Waals surface area contributed by atoms with Crippen LogP contribution in [0.2, 0.25) is 0 Å². The van der Waals surface area contributed by atoms with E-state index in [1.165, 1.54) is 22.3 Å². The highest BCUT2D eigenvalue weighted by Crippen LogP contribution is 2.29. The van der Waals surface area contributed by atoms with Crippen molar-refractivity contribution in [2.45, 2.75) is 46.8 Å². The average Bonchev–Trinajstić information content (AvgIpc) is 3.07. The highest BCUT2D eigenvalue weighted by Gasteiger charge is 2.21. The fourth-order valence-electron chi connectivity index (χ4n) is 3.82. The maximum atomic E-state index is 6.41. The van der Waals surface area contributed by atoms with Crippen molar-refractivity contribution < 1.29 is 4.74 Å². The predicted molar refractivity (Wildman–Crippen MR) is 120 cm³/mol. The summed E-state index contributed by atoms with van der Waals surface area (Å²) in [4.78, 5) is 4.99. The van der Waals surface area contributed by atoms with E-state index in [2.05, 4.69) is 80.8 Å². The summed E-state index contributed by atoms with van der Waals surface area (Å²) in [7, 11) is 0. The molecule has 0 bridgehead atoms. The van der Waals surface area contributed by atoms with Gasteiger partial charge in [0, 0.05) is 6.54 Å². The first kappa shape index (κ1) is 19.3. The van der Waals surface area contributed by atoms with Gasteiger partial charge >= 0.3 is 0 Å². The molecule has 0 spiro atoms. The third-order valence-electron chi connectivity index (χ3n) is 5.44. The van der Waals surface area contributed by atoms with Crippen LogP contribution in [0.5, 0.6) is 5.75 Å². The molecule has 0 N–H and O–H groups in total. The lowest BCUT2D eigenvalue weighted by Crippen LogP contribution is -2.15. The predicted octanol–water partition coefficient (Wildman–Crippen LogP) is 6.54. The molecule has 1 atom stereocenters. The van der Waals surface area contributed by atoms with Crippen molar-refractivity contribution in [1.82, 2.24) is 9.55 Å². The van der Waals surface area contributed by atoms with Crippen LogP contribution in [0.15, 0.2) is 66.7 Å². The van der Waals surface area contributed by atoms with E-state index in [0.29, 0.717) is 0 Å². The second-order valence-electron chi connectivity index (χ2n) is 7.81. The molecule has 3 heteroatoms. The first-order valence-electron chi connectivity index (χ1n) is 10.3. The van der Waals surface area contributed by atoms with Crippen molar-refractivity contribution in [3.8, 4) is 5.75 Å². The second-order valence-corrected chi connectivity index (χ2v) is 7.81. The Morgan fingerprint density at radius 1 is 0.897 bits per heavy atom. The van der Waals surface area contributed by atoms with Crippen molar-refractivity contribution >= 4 is 11.0 Å². The van der Waals surface area contributed by atoms with Gasteiger partial charge in [-0.05, 0) is 68.1 Å². The maximum absolute atomic E-state index is 6.41. The zero-order chi connectivity index (χ0) is 20.4. The highest BCUT2D eigenvalue weighted by atomic mass is 16.5. The number of fused-ring (bicyclic) bond motifs is 1. The lowest BCUT2D eigenvalue weighted by molar-refractivity contribution is 0.187. The average molecular weight is 385 g/mol. The summed E-state index contributed by atoms with van der Waals surface area (Å²) in [5.74, 6) is 1.87. The van der Waals surface area contributed by atoms with Crippen molar-refractivity contribution in [1.29, 1.82) is 0 Å². The van der Waals surface area contributed by atoms with E-state index in [-0.39, 0.29) is 6.10 Å². The number of nitrogens with zero attached hydrogens (tertiary/aromatic N) is 2. The quantitative estimate of drug-likeness (QED) is 0.377. The minimum atomic E-state index is -0.102. The number of para-hydroxylation sites is 2. The first-order chi connectivity index (χ1) is 14.0. The summed E-state index contributed by atoms with van der Waals surface area (Å²) in [6, 6.07) is 23.2. The molecule has 148 valence electrons. The van der Waals surface area contributed by atoms with Crippen LogP contribution in [-0.4, -0.2) is 9.55 Å². The molecule has 1 heterocycles. The van der Waals surface area contributed by atoms with E-state index in [9.17, 15) is 0 Å². The molecule has 0 aliphatic carbocycles. The normalized spacial score (nSPS) is 12.3. The zero-order valence-corrected chi connectivity index (χ0v) is 17.6. The highest BCUT2D eigenvalue weighted by molar-refractivity contribution is 5.76. The van der Waals surface area contributed by atoms with Gasteiger partial charge in [0.1, 0.15) is 5.75 Å². The van der Waals surface area contributed by atoms with E-state index >= 15 is 0 Å². The van der Waals surface area contributed by atoms with Crippen molar-refractivity contribution in [3.05, 3.63) is 94.8 Å². The SMILES string of the molecule is CCC(Oc1cccc(C)c1)c1nc2ccccc2n1Cc1cc(C)ccc1C. The van der Waals surface area contributed by atoms with Gasteiger partial charge in [0.2, 0.25) is 0 Å². The Bertz CT molecular complexity index is 1140. The van der Waals surface area contributed by atoms with Crippen LogP contribution < -0.4 is 4.74 Å². The number of ether oxygens (including phenoxy) is 1. The monoisotopic (exact) mass is 384 g/mol. The van der Waals surface area contributed by atoms with Gasteiger partial charge in [0.25, 0.3) is 0 Å². The Balaban J connectivity index is 1.78. The van der Waals surface area contributed by atoms with E-state index in [0.717, 1.165) is 35.6 Å². The Labute approximate surface area is 173 Å². The van der Waals surface area contributed by atoms with Crippen molar-refractivity contribution in [2.75, 3.05) is 0 Å². The molecule has 0 saturated carbocycles. The van der Waals surface area contributed by atoms with Gasteiger partial charge in [-0.2, -0.15) is 0 Å². The fourth-order valence-corrected chi connectivity index (χ4v) is 3.82. The molecule has 0 amide bonds. The number of aromatic nitrogens is 2. The summed E-state index contributed by atoms with van der Waals surface area (Å²) in [6.45, 7) is 9.35. The molecule has 4 aromatic rings. The van der Waals surface area contributed by atoms with Gasteiger partial charge in [-0.15, -0.1) is 0 Å². The molecule has 29 heavy (non-hydrogen) atoms. The smallest absolute Gasteiger partial charge is 0.156 e.